The predicted octanol–water partition coefficient (Wildman–Crippen LogP) is 4.27. The van der Waals surface area contributed by atoms with Gasteiger partial charge in [0.05, 0.1) is 12.8 Å². The molecule has 0 aliphatic heterocycles. The second-order valence-electron chi connectivity index (χ2n) is 4.58. The van der Waals surface area contributed by atoms with Crippen LogP contribution < -0.4 is 10.1 Å². The van der Waals surface area contributed by atoms with Crippen LogP contribution in [0, 0.1) is 6.92 Å². The van der Waals surface area contributed by atoms with Gasteiger partial charge < -0.3 is 10.1 Å². The van der Waals surface area contributed by atoms with Crippen LogP contribution in [0.25, 0.3) is 11.3 Å². The van der Waals surface area contributed by atoms with Gasteiger partial charge in [-0.15, -0.1) is 11.3 Å². The zero-order chi connectivity index (χ0) is 14.7. The lowest BCUT2D eigenvalue weighted by Crippen LogP contribution is -1.91. The first-order valence-corrected chi connectivity index (χ1v) is 7.42. The maximum absolute atomic E-state index is 5.15. The molecule has 0 fully saturated rings. The number of benzene rings is 1. The fraction of sp³-hybridized carbons (Fsp3) is 0.125. The second-order valence-corrected chi connectivity index (χ2v) is 5.44. The molecule has 0 unspecified atom stereocenters. The summed E-state index contributed by atoms with van der Waals surface area (Å²) in [6.45, 7) is 2.06. The van der Waals surface area contributed by atoms with Crippen LogP contribution in [0.15, 0.2) is 48.1 Å². The molecule has 0 spiro atoms. The Kier molecular flexibility index (Phi) is 3.83. The molecule has 0 radical (unpaired) electrons. The first kappa shape index (κ1) is 13.6. The van der Waals surface area contributed by atoms with Crippen molar-refractivity contribution in [1.82, 2.24) is 9.97 Å². The smallest absolute Gasteiger partial charge is 0.187 e. The molecule has 2 aromatic heterocycles. The maximum atomic E-state index is 5.15. The topological polar surface area (TPSA) is 47.0 Å². The lowest BCUT2D eigenvalue weighted by Gasteiger charge is -2.04. The summed E-state index contributed by atoms with van der Waals surface area (Å²) in [6, 6.07) is 9.76. The van der Waals surface area contributed by atoms with E-state index in [2.05, 4.69) is 22.2 Å². The maximum Gasteiger partial charge on any atom is 0.187 e. The molecule has 0 aliphatic rings. The van der Waals surface area contributed by atoms with E-state index in [0.29, 0.717) is 0 Å². The average molecular weight is 297 g/mol. The van der Waals surface area contributed by atoms with Crippen LogP contribution >= 0.6 is 11.3 Å². The van der Waals surface area contributed by atoms with Crippen LogP contribution in [0.5, 0.6) is 5.75 Å². The van der Waals surface area contributed by atoms with Crippen molar-refractivity contribution in [1.29, 1.82) is 0 Å². The molecule has 3 rings (SSSR count). The van der Waals surface area contributed by atoms with Crippen molar-refractivity contribution < 1.29 is 4.74 Å². The Morgan fingerprint density at radius 3 is 2.67 bits per heavy atom. The summed E-state index contributed by atoms with van der Waals surface area (Å²) >= 11 is 1.58. The van der Waals surface area contributed by atoms with Crippen molar-refractivity contribution in [3.63, 3.8) is 0 Å². The average Bonchev–Trinajstić information content (AvgIpc) is 2.97. The molecule has 0 amide bonds. The minimum atomic E-state index is 0.839. The van der Waals surface area contributed by atoms with E-state index >= 15 is 0 Å². The Morgan fingerprint density at radius 1 is 1.14 bits per heavy atom. The van der Waals surface area contributed by atoms with Gasteiger partial charge in [-0.2, -0.15) is 0 Å². The second kappa shape index (κ2) is 5.93. The monoisotopic (exact) mass is 297 g/mol. The third kappa shape index (κ3) is 3.03. The Bertz CT molecular complexity index is 737. The predicted molar refractivity (Wildman–Crippen MR) is 86.4 cm³/mol. The van der Waals surface area contributed by atoms with E-state index in [1.807, 2.05) is 41.9 Å². The highest BCUT2D eigenvalue weighted by molar-refractivity contribution is 7.14. The van der Waals surface area contributed by atoms with Gasteiger partial charge in [-0.05, 0) is 42.8 Å². The number of thiazole rings is 1. The highest BCUT2D eigenvalue weighted by atomic mass is 32.1. The van der Waals surface area contributed by atoms with Gasteiger partial charge in [0, 0.05) is 29.0 Å². The number of rotatable bonds is 4. The lowest BCUT2D eigenvalue weighted by molar-refractivity contribution is 0.415. The molecular weight excluding hydrogens is 282 g/mol. The fourth-order valence-corrected chi connectivity index (χ4v) is 2.72. The van der Waals surface area contributed by atoms with E-state index < -0.39 is 0 Å². The van der Waals surface area contributed by atoms with Gasteiger partial charge in [-0.25, -0.2) is 4.98 Å². The summed E-state index contributed by atoms with van der Waals surface area (Å²) in [5.74, 6) is 0.839. The number of anilines is 2. The summed E-state index contributed by atoms with van der Waals surface area (Å²) in [7, 11) is 1.66. The zero-order valence-corrected chi connectivity index (χ0v) is 12.6. The molecule has 5 heteroatoms. The number of ether oxygens (including phenoxy) is 1. The molecule has 0 aliphatic carbocycles. The summed E-state index contributed by atoms with van der Waals surface area (Å²) in [4.78, 5) is 8.78. The molecule has 3 aromatic rings. The van der Waals surface area contributed by atoms with Crippen LogP contribution in [-0.4, -0.2) is 17.1 Å². The fourth-order valence-electron chi connectivity index (χ4n) is 1.98. The molecule has 0 saturated carbocycles. The van der Waals surface area contributed by atoms with Crippen LogP contribution in [0.3, 0.4) is 0 Å². The molecule has 4 nitrogen and oxygen atoms in total. The van der Waals surface area contributed by atoms with Gasteiger partial charge in [0.2, 0.25) is 0 Å². The minimum absolute atomic E-state index is 0.839. The molecule has 1 N–H and O–H groups in total. The van der Waals surface area contributed by atoms with E-state index in [1.54, 1.807) is 24.6 Å². The van der Waals surface area contributed by atoms with E-state index in [9.17, 15) is 0 Å². The zero-order valence-electron chi connectivity index (χ0n) is 11.8. The van der Waals surface area contributed by atoms with Gasteiger partial charge in [-0.1, -0.05) is 0 Å². The molecule has 21 heavy (non-hydrogen) atoms. The third-order valence-corrected chi connectivity index (χ3v) is 3.92. The standard InChI is InChI=1S/C16H15N3OS/c1-11-7-8-17-9-14(11)15-10-21-16(19-15)18-12-3-5-13(20-2)6-4-12/h3-10H,1-2H3,(H,18,19). The van der Waals surface area contributed by atoms with E-state index in [0.717, 1.165) is 27.8 Å². The molecule has 2 heterocycles. The van der Waals surface area contributed by atoms with Crippen molar-refractivity contribution in [2.75, 3.05) is 12.4 Å². The van der Waals surface area contributed by atoms with Crippen molar-refractivity contribution in [3.8, 4) is 17.0 Å². The molecule has 106 valence electrons. The first-order valence-electron chi connectivity index (χ1n) is 6.54. The Hall–Kier alpha value is -2.40. The molecule has 0 bridgehead atoms. The summed E-state index contributed by atoms with van der Waals surface area (Å²) < 4.78 is 5.15. The SMILES string of the molecule is COc1ccc(Nc2nc(-c3cnccc3C)cs2)cc1. The minimum Gasteiger partial charge on any atom is -0.497 e. The third-order valence-electron chi connectivity index (χ3n) is 3.16. The molecule has 0 saturated heterocycles. The van der Waals surface area contributed by atoms with Crippen LogP contribution in [0.1, 0.15) is 5.56 Å². The van der Waals surface area contributed by atoms with Crippen molar-refractivity contribution in [2.45, 2.75) is 6.92 Å². The number of aromatic nitrogens is 2. The number of hydrogen-bond donors (Lipinski definition) is 1. The van der Waals surface area contributed by atoms with Gasteiger partial charge in [0.15, 0.2) is 5.13 Å². The number of nitrogens with zero attached hydrogens (tertiary/aromatic N) is 2. The van der Waals surface area contributed by atoms with Crippen molar-refractivity contribution in [3.05, 3.63) is 53.7 Å². The summed E-state index contributed by atoms with van der Waals surface area (Å²) in [5, 5.41) is 6.19. The molecular formula is C16H15N3OS. The van der Waals surface area contributed by atoms with Gasteiger partial charge in [-0.3, -0.25) is 4.98 Å². The number of pyridine rings is 1. The Balaban J connectivity index is 1.80. The van der Waals surface area contributed by atoms with E-state index in [1.165, 1.54) is 5.56 Å². The van der Waals surface area contributed by atoms with Crippen LogP contribution in [0.4, 0.5) is 10.8 Å². The summed E-state index contributed by atoms with van der Waals surface area (Å²) in [6.07, 6.45) is 3.64. The van der Waals surface area contributed by atoms with Crippen molar-refractivity contribution >= 4 is 22.2 Å². The van der Waals surface area contributed by atoms with E-state index in [4.69, 9.17) is 4.74 Å². The molecule has 0 atom stereocenters. The van der Waals surface area contributed by atoms with Gasteiger partial charge in [0.1, 0.15) is 5.75 Å². The molecule has 1 aromatic carbocycles. The number of hydrogen-bond acceptors (Lipinski definition) is 5. The van der Waals surface area contributed by atoms with Crippen LogP contribution in [0.2, 0.25) is 0 Å². The number of methoxy groups -OCH3 is 1. The van der Waals surface area contributed by atoms with Crippen LogP contribution in [-0.2, 0) is 0 Å². The Morgan fingerprint density at radius 2 is 1.95 bits per heavy atom. The highest BCUT2D eigenvalue weighted by Crippen LogP contribution is 2.28. The Labute approximate surface area is 127 Å². The van der Waals surface area contributed by atoms with Gasteiger partial charge in [0.25, 0.3) is 0 Å². The normalized spacial score (nSPS) is 10.4. The largest absolute Gasteiger partial charge is 0.497 e. The number of nitrogens with one attached hydrogen (secondary N) is 1. The highest BCUT2D eigenvalue weighted by Gasteiger charge is 2.07. The van der Waals surface area contributed by atoms with Crippen molar-refractivity contribution in [2.24, 2.45) is 0 Å². The van der Waals surface area contributed by atoms with E-state index in [-0.39, 0.29) is 0 Å². The number of aryl methyl sites for hydroxylation is 1. The lowest BCUT2D eigenvalue weighted by atomic mass is 10.1. The first-order chi connectivity index (χ1) is 10.3. The van der Waals surface area contributed by atoms with Gasteiger partial charge >= 0.3 is 0 Å². The summed E-state index contributed by atoms with van der Waals surface area (Å²) in [5.41, 5.74) is 4.17. The quantitative estimate of drug-likeness (QED) is 0.781.